The summed E-state index contributed by atoms with van der Waals surface area (Å²) in [5, 5.41) is 0. The van der Waals surface area contributed by atoms with Crippen molar-refractivity contribution in [2.75, 3.05) is 0 Å². The van der Waals surface area contributed by atoms with E-state index in [9.17, 15) is 4.79 Å². The predicted octanol–water partition coefficient (Wildman–Crippen LogP) is 4.04. The third-order valence-electron chi connectivity index (χ3n) is 3.66. The van der Waals surface area contributed by atoms with Gasteiger partial charge >= 0.3 is 0 Å². The van der Waals surface area contributed by atoms with Gasteiger partial charge < -0.3 is 4.40 Å². The molecule has 0 fully saturated rings. The van der Waals surface area contributed by atoms with Crippen molar-refractivity contribution in [2.45, 2.75) is 13.8 Å². The summed E-state index contributed by atoms with van der Waals surface area (Å²) < 4.78 is 1.99. The largest absolute Gasteiger partial charge is 0.322 e. The summed E-state index contributed by atoms with van der Waals surface area (Å²) in [7, 11) is 0. The van der Waals surface area contributed by atoms with E-state index in [1.165, 1.54) is 11.1 Å². The zero-order valence-electron chi connectivity index (χ0n) is 11.1. The van der Waals surface area contributed by atoms with Crippen LogP contribution in [-0.2, 0) is 0 Å². The lowest BCUT2D eigenvalue weighted by Gasteiger charge is -2.04. The molecule has 3 rings (SSSR count). The number of nitrogens with zero attached hydrogens (tertiary/aromatic N) is 1. The number of hydrogen-bond acceptors (Lipinski definition) is 1. The Bertz CT molecular complexity index is 768. The quantitative estimate of drug-likeness (QED) is 0.628. The maximum Gasteiger partial charge on any atom is 0.152 e. The molecule has 19 heavy (non-hydrogen) atoms. The summed E-state index contributed by atoms with van der Waals surface area (Å²) in [4.78, 5) is 11.4. The summed E-state index contributed by atoms with van der Waals surface area (Å²) in [5.41, 5.74) is 6.29. The van der Waals surface area contributed by atoms with E-state index in [-0.39, 0.29) is 0 Å². The lowest BCUT2D eigenvalue weighted by molar-refractivity contribution is 0.112. The van der Waals surface area contributed by atoms with Crippen LogP contribution in [0.3, 0.4) is 0 Å². The van der Waals surface area contributed by atoms with Gasteiger partial charge in [-0.15, -0.1) is 0 Å². The number of aryl methyl sites for hydroxylation is 2. The lowest BCUT2D eigenvalue weighted by atomic mass is 10.00. The van der Waals surface area contributed by atoms with Gasteiger partial charge in [0.15, 0.2) is 6.29 Å². The molecule has 94 valence electrons. The monoisotopic (exact) mass is 249 g/mol. The molecule has 2 nitrogen and oxygen atoms in total. The van der Waals surface area contributed by atoms with Crippen molar-refractivity contribution in [1.29, 1.82) is 0 Å². The van der Waals surface area contributed by atoms with Crippen molar-refractivity contribution in [3.05, 3.63) is 65.5 Å². The summed E-state index contributed by atoms with van der Waals surface area (Å²) in [6.45, 7) is 4.19. The molecule has 2 aromatic heterocycles. The molecule has 1 aromatic carbocycles. The summed E-state index contributed by atoms with van der Waals surface area (Å²) in [6, 6.07) is 12.2. The van der Waals surface area contributed by atoms with E-state index in [2.05, 4.69) is 32.0 Å². The SMILES string of the molecule is Cc1ccc(-c2cn3ccccc3c2C=O)cc1C. The molecule has 0 spiro atoms. The van der Waals surface area contributed by atoms with Crippen LogP contribution in [0.5, 0.6) is 0 Å². The minimum Gasteiger partial charge on any atom is -0.322 e. The molecule has 0 atom stereocenters. The summed E-state index contributed by atoms with van der Waals surface area (Å²) >= 11 is 0. The fourth-order valence-corrected chi connectivity index (χ4v) is 2.41. The highest BCUT2D eigenvalue weighted by molar-refractivity contribution is 5.96. The first kappa shape index (κ1) is 11.7. The van der Waals surface area contributed by atoms with Gasteiger partial charge in [-0.1, -0.05) is 24.3 Å². The van der Waals surface area contributed by atoms with E-state index in [0.29, 0.717) is 0 Å². The van der Waals surface area contributed by atoms with Crippen LogP contribution >= 0.6 is 0 Å². The molecule has 0 saturated heterocycles. The molecule has 2 heterocycles. The molecule has 0 bridgehead atoms. The summed E-state index contributed by atoms with van der Waals surface area (Å²) in [6.07, 6.45) is 4.93. The molecule has 3 aromatic rings. The number of rotatable bonds is 2. The van der Waals surface area contributed by atoms with Gasteiger partial charge in [0.2, 0.25) is 0 Å². The second-order valence-corrected chi connectivity index (χ2v) is 4.87. The molecule has 0 radical (unpaired) electrons. The normalized spacial score (nSPS) is 10.8. The molecule has 2 heteroatoms. The van der Waals surface area contributed by atoms with Crippen LogP contribution in [0.25, 0.3) is 16.6 Å². The molecule has 0 aliphatic heterocycles. The van der Waals surface area contributed by atoms with Crippen molar-refractivity contribution in [3.8, 4) is 11.1 Å². The lowest BCUT2D eigenvalue weighted by Crippen LogP contribution is -1.86. The van der Waals surface area contributed by atoms with Crippen molar-refractivity contribution < 1.29 is 4.79 Å². The Hall–Kier alpha value is -2.35. The molecule has 0 aliphatic rings. The van der Waals surface area contributed by atoms with Gasteiger partial charge in [0.05, 0.1) is 5.52 Å². The van der Waals surface area contributed by atoms with Gasteiger partial charge in [-0.3, -0.25) is 4.79 Å². The number of benzene rings is 1. The molecule has 0 N–H and O–H groups in total. The average molecular weight is 249 g/mol. The van der Waals surface area contributed by atoms with Crippen LogP contribution in [0.4, 0.5) is 0 Å². The standard InChI is InChI=1S/C17H15NO/c1-12-6-7-14(9-13(12)2)15-10-18-8-4-3-5-17(18)16(15)11-19/h3-11H,1-2H3. The number of aromatic nitrogens is 1. The van der Waals surface area contributed by atoms with Gasteiger partial charge in [-0.25, -0.2) is 0 Å². The Morgan fingerprint density at radius 3 is 2.63 bits per heavy atom. The molecule has 0 unspecified atom stereocenters. The smallest absolute Gasteiger partial charge is 0.152 e. The Kier molecular flexibility index (Phi) is 2.71. The van der Waals surface area contributed by atoms with Crippen LogP contribution < -0.4 is 0 Å². The number of aldehydes is 1. The van der Waals surface area contributed by atoms with Gasteiger partial charge in [-0.2, -0.15) is 0 Å². The summed E-state index contributed by atoms with van der Waals surface area (Å²) in [5.74, 6) is 0. The van der Waals surface area contributed by atoms with E-state index in [4.69, 9.17) is 0 Å². The van der Waals surface area contributed by atoms with Crippen LogP contribution in [0.2, 0.25) is 0 Å². The first-order chi connectivity index (χ1) is 9.20. The highest BCUT2D eigenvalue weighted by atomic mass is 16.1. The number of carbonyl (C=O) groups is 1. The van der Waals surface area contributed by atoms with Gasteiger partial charge in [0, 0.05) is 23.5 Å². The third-order valence-corrected chi connectivity index (χ3v) is 3.66. The minimum absolute atomic E-state index is 0.754. The third kappa shape index (κ3) is 1.85. The second-order valence-electron chi connectivity index (χ2n) is 4.87. The molecule has 0 aliphatic carbocycles. The van der Waals surface area contributed by atoms with Crippen LogP contribution in [0, 0.1) is 13.8 Å². The molecule has 0 amide bonds. The number of hydrogen-bond donors (Lipinski definition) is 0. The van der Waals surface area contributed by atoms with Gasteiger partial charge in [-0.05, 0) is 42.7 Å². The van der Waals surface area contributed by atoms with Gasteiger partial charge in [0.1, 0.15) is 0 Å². The van der Waals surface area contributed by atoms with Crippen LogP contribution in [0.1, 0.15) is 21.5 Å². The van der Waals surface area contributed by atoms with E-state index < -0.39 is 0 Å². The Balaban J connectivity index is 2.29. The highest BCUT2D eigenvalue weighted by Crippen LogP contribution is 2.28. The van der Waals surface area contributed by atoms with Crippen molar-refractivity contribution >= 4 is 11.8 Å². The number of carbonyl (C=O) groups excluding carboxylic acids is 1. The van der Waals surface area contributed by atoms with E-state index in [1.807, 2.05) is 35.0 Å². The Morgan fingerprint density at radius 2 is 1.89 bits per heavy atom. The van der Waals surface area contributed by atoms with E-state index in [1.54, 1.807) is 0 Å². The van der Waals surface area contributed by atoms with Crippen molar-refractivity contribution in [2.24, 2.45) is 0 Å². The minimum atomic E-state index is 0.754. The Morgan fingerprint density at radius 1 is 1.05 bits per heavy atom. The molecular weight excluding hydrogens is 234 g/mol. The Labute approximate surface area is 112 Å². The number of fused-ring (bicyclic) bond motifs is 1. The zero-order chi connectivity index (χ0) is 13.4. The fraction of sp³-hybridized carbons (Fsp3) is 0.118. The zero-order valence-corrected chi connectivity index (χ0v) is 11.1. The maximum absolute atomic E-state index is 11.4. The van der Waals surface area contributed by atoms with Crippen LogP contribution in [0.15, 0.2) is 48.8 Å². The predicted molar refractivity (Wildman–Crippen MR) is 77.7 cm³/mol. The maximum atomic E-state index is 11.4. The number of pyridine rings is 1. The highest BCUT2D eigenvalue weighted by Gasteiger charge is 2.11. The van der Waals surface area contributed by atoms with E-state index >= 15 is 0 Å². The molecule has 0 saturated carbocycles. The van der Waals surface area contributed by atoms with Crippen molar-refractivity contribution in [3.63, 3.8) is 0 Å². The topological polar surface area (TPSA) is 21.5 Å². The van der Waals surface area contributed by atoms with E-state index in [0.717, 1.165) is 28.5 Å². The van der Waals surface area contributed by atoms with Crippen LogP contribution in [-0.4, -0.2) is 10.7 Å². The molecular formula is C17H15NO. The second kappa shape index (κ2) is 4.39. The van der Waals surface area contributed by atoms with Gasteiger partial charge in [0.25, 0.3) is 0 Å². The first-order valence-corrected chi connectivity index (χ1v) is 6.33. The van der Waals surface area contributed by atoms with Crippen molar-refractivity contribution in [1.82, 2.24) is 4.40 Å². The first-order valence-electron chi connectivity index (χ1n) is 6.33. The average Bonchev–Trinajstić information content (AvgIpc) is 2.80. The fourth-order valence-electron chi connectivity index (χ4n) is 2.41.